The van der Waals surface area contributed by atoms with Gasteiger partial charge in [-0.2, -0.15) is 10.2 Å². The highest BCUT2D eigenvalue weighted by molar-refractivity contribution is 6.84. The van der Waals surface area contributed by atoms with Gasteiger partial charge in [0.25, 0.3) is 0 Å². The second kappa shape index (κ2) is 6.11. The predicted octanol–water partition coefficient (Wildman–Crippen LogP) is 4.69. The van der Waals surface area contributed by atoms with Crippen LogP contribution >= 0.6 is 0 Å². The van der Waals surface area contributed by atoms with Crippen molar-refractivity contribution in [2.45, 2.75) is 38.9 Å². The third-order valence-corrected chi connectivity index (χ3v) is 9.41. The molecule has 0 aliphatic heterocycles. The van der Waals surface area contributed by atoms with Gasteiger partial charge < -0.3 is 0 Å². The molecule has 0 spiro atoms. The molecule has 2 aromatic rings. The van der Waals surface area contributed by atoms with Gasteiger partial charge in [-0.25, -0.2) is 0 Å². The average Bonchev–Trinajstić information content (AvgIpc) is 2.49. The fourth-order valence-electron chi connectivity index (χ4n) is 2.49. The van der Waals surface area contributed by atoms with Crippen LogP contribution in [0.4, 0.5) is 0 Å². The van der Waals surface area contributed by atoms with Gasteiger partial charge in [-0.1, -0.05) is 62.8 Å². The topological polar surface area (TPSA) is 25.8 Å². The number of benzene rings is 1. The van der Waals surface area contributed by atoms with E-state index in [1.54, 1.807) is 0 Å². The summed E-state index contributed by atoms with van der Waals surface area (Å²) >= 11 is 0. The number of hydrogen-bond acceptors (Lipinski definition) is 2. The molecule has 0 N–H and O–H groups in total. The minimum Gasteiger partial charge on any atom is -0.158 e. The highest BCUT2D eigenvalue weighted by Gasteiger charge is 2.22. The molecule has 0 amide bonds. The molecule has 1 heterocycles. The lowest BCUT2D eigenvalue weighted by Gasteiger charge is -2.23. The van der Waals surface area contributed by atoms with E-state index in [1.165, 1.54) is 23.7 Å². The van der Waals surface area contributed by atoms with Gasteiger partial charge in [0, 0.05) is 10.8 Å². The Balaban J connectivity index is 2.30. The lowest BCUT2D eigenvalue weighted by atomic mass is 10.1. The summed E-state index contributed by atoms with van der Waals surface area (Å²) in [6.07, 6.45) is 5.95. The largest absolute Gasteiger partial charge is 0.158 e. The summed E-state index contributed by atoms with van der Waals surface area (Å²) in [5, 5.41) is 10.2. The fraction of sp³-hybridized carbons (Fsp3) is 0.375. The fourth-order valence-corrected chi connectivity index (χ4v) is 5.25. The molecule has 0 fully saturated rings. The zero-order valence-corrected chi connectivity index (χ0v) is 13.1. The average molecular weight is 270 g/mol. The van der Waals surface area contributed by atoms with Crippen molar-refractivity contribution < 1.29 is 0 Å². The van der Waals surface area contributed by atoms with E-state index in [9.17, 15) is 0 Å². The summed E-state index contributed by atoms with van der Waals surface area (Å²) in [6, 6.07) is 10.5. The van der Waals surface area contributed by atoms with Gasteiger partial charge in [0.05, 0.1) is 20.5 Å². The number of nitrogens with zero attached hydrogens (tertiary/aromatic N) is 2. The SMILES string of the molecule is CC[Si](/C=C/c1ccc2cnncc2c1)(CC)CC. The van der Waals surface area contributed by atoms with E-state index in [-0.39, 0.29) is 0 Å². The molecule has 0 aliphatic rings. The Morgan fingerprint density at radius 2 is 1.58 bits per heavy atom. The molecule has 1 aromatic carbocycles. The lowest BCUT2D eigenvalue weighted by molar-refractivity contribution is 1.05. The van der Waals surface area contributed by atoms with Crippen molar-refractivity contribution in [2.24, 2.45) is 0 Å². The maximum Gasteiger partial charge on any atom is 0.0770 e. The van der Waals surface area contributed by atoms with E-state index in [2.05, 4.69) is 60.9 Å². The molecule has 0 unspecified atom stereocenters. The van der Waals surface area contributed by atoms with Crippen LogP contribution in [0, 0.1) is 0 Å². The Kier molecular flexibility index (Phi) is 4.48. The number of fused-ring (bicyclic) bond motifs is 1. The Morgan fingerprint density at radius 3 is 2.21 bits per heavy atom. The normalized spacial score (nSPS) is 12.4. The Morgan fingerprint density at radius 1 is 0.947 bits per heavy atom. The van der Waals surface area contributed by atoms with Crippen molar-refractivity contribution in [3.8, 4) is 0 Å². The quantitative estimate of drug-likeness (QED) is 0.737. The monoisotopic (exact) mass is 270 g/mol. The standard InChI is InChI=1S/C16H22N2Si/c1-4-19(5-2,6-3)10-9-14-7-8-15-12-17-18-13-16(15)11-14/h7-13H,4-6H2,1-3H3/b10-9+. The van der Waals surface area contributed by atoms with Crippen LogP contribution in [-0.2, 0) is 0 Å². The zero-order chi connectivity index (χ0) is 13.7. The van der Waals surface area contributed by atoms with Crippen LogP contribution in [-0.4, -0.2) is 18.3 Å². The van der Waals surface area contributed by atoms with Crippen LogP contribution in [0.25, 0.3) is 16.8 Å². The molecule has 0 saturated heterocycles. The molecule has 100 valence electrons. The van der Waals surface area contributed by atoms with Gasteiger partial charge in [0.2, 0.25) is 0 Å². The molecule has 0 saturated carbocycles. The molecule has 3 heteroatoms. The minimum absolute atomic E-state index is 1.15. The third-order valence-electron chi connectivity index (χ3n) is 4.31. The van der Waals surface area contributed by atoms with Gasteiger partial charge in [-0.3, -0.25) is 0 Å². The van der Waals surface area contributed by atoms with Gasteiger partial charge in [0.1, 0.15) is 0 Å². The van der Waals surface area contributed by atoms with E-state index < -0.39 is 8.07 Å². The van der Waals surface area contributed by atoms with Crippen LogP contribution in [0.3, 0.4) is 0 Å². The summed E-state index contributed by atoms with van der Waals surface area (Å²) in [7, 11) is -1.18. The lowest BCUT2D eigenvalue weighted by Crippen LogP contribution is -2.28. The maximum atomic E-state index is 3.95. The van der Waals surface area contributed by atoms with E-state index in [0.29, 0.717) is 0 Å². The summed E-state index contributed by atoms with van der Waals surface area (Å²) in [5.41, 5.74) is 3.79. The zero-order valence-electron chi connectivity index (χ0n) is 12.1. The third kappa shape index (κ3) is 3.10. The minimum atomic E-state index is -1.18. The molecular formula is C16H22N2Si. The highest BCUT2D eigenvalue weighted by Crippen LogP contribution is 2.23. The van der Waals surface area contributed by atoms with Gasteiger partial charge in [-0.15, -0.1) is 0 Å². The van der Waals surface area contributed by atoms with Crippen LogP contribution in [0.2, 0.25) is 18.1 Å². The maximum absolute atomic E-state index is 3.95. The Hall–Kier alpha value is -1.48. The van der Waals surface area contributed by atoms with Crippen LogP contribution in [0.15, 0.2) is 36.3 Å². The number of aromatic nitrogens is 2. The number of rotatable bonds is 5. The first-order valence-corrected chi connectivity index (χ1v) is 9.82. The first-order valence-electron chi connectivity index (χ1n) is 7.12. The van der Waals surface area contributed by atoms with Crippen LogP contribution < -0.4 is 0 Å². The number of hydrogen-bond donors (Lipinski definition) is 0. The first-order chi connectivity index (χ1) is 9.23. The molecule has 0 atom stereocenters. The van der Waals surface area contributed by atoms with Crippen molar-refractivity contribution in [2.75, 3.05) is 0 Å². The van der Waals surface area contributed by atoms with Crippen molar-refractivity contribution in [1.29, 1.82) is 0 Å². The van der Waals surface area contributed by atoms with Gasteiger partial charge in [-0.05, 0) is 11.6 Å². The van der Waals surface area contributed by atoms with Crippen LogP contribution in [0.5, 0.6) is 0 Å². The van der Waals surface area contributed by atoms with Gasteiger partial charge >= 0.3 is 0 Å². The second-order valence-corrected chi connectivity index (χ2v) is 10.3. The van der Waals surface area contributed by atoms with E-state index in [4.69, 9.17) is 0 Å². The van der Waals surface area contributed by atoms with Crippen LogP contribution in [0.1, 0.15) is 26.3 Å². The van der Waals surface area contributed by atoms with E-state index in [1.807, 2.05) is 12.4 Å². The summed E-state index contributed by atoms with van der Waals surface area (Å²) in [4.78, 5) is 0. The molecule has 2 rings (SSSR count). The molecule has 1 aromatic heterocycles. The van der Waals surface area contributed by atoms with E-state index in [0.717, 1.165) is 10.8 Å². The van der Waals surface area contributed by atoms with E-state index >= 15 is 0 Å². The molecule has 19 heavy (non-hydrogen) atoms. The van der Waals surface area contributed by atoms with Crippen molar-refractivity contribution in [1.82, 2.24) is 10.2 Å². The van der Waals surface area contributed by atoms with Gasteiger partial charge in [0.15, 0.2) is 0 Å². The van der Waals surface area contributed by atoms with Crippen molar-refractivity contribution in [3.05, 3.63) is 41.9 Å². The molecule has 0 bridgehead atoms. The highest BCUT2D eigenvalue weighted by atomic mass is 28.3. The summed E-state index contributed by atoms with van der Waals surface area (Å²) < 4.78 is 0. The predicted molar refractivity (Wildman–Crippen MR) is 85.8 cm³/mol. The molecule has 0 radical (unpaired) electrons. The summed E-state index contributed by atoms with van der Waals surface area (Å²) in [5.74, 6) is 0. The second-order valence-electron chi connectivity index (χ2n) is 5.13. The Labute approximate surface area is 116 Å². The Bertz CT molecular complexity index is 565. The molecule has 2 nitrogen and oxygen atoms in total. The molecular weight excluding hydrogens is 248 g/mol. The first kappa shape index (κ1) is 13.9. The summed E-state index contributed by atoms with van der Waals surface area (Å²) in [6.45, 7) is 7.00. The van der Waals surface area contributed by atoms with Crippen molar-refractivity contribution in [3.63, 3.8) is 0 Å². The smallest absolute Gasteiger partial charge is 0.0770 e. The van der Waals surface area contributed by atoms with Crippen molar-refractivity contribution >= 4 is 24.9 Å². The molecule has 0 aliphatic carbocycles.